The lowest BCUT2D eigenvalue weighted by Crippen LogP contribution is -2.30. The SMILES string of the molecule is Cc1csc2ccc(-c3ccc(C(=O)NS(=O)(=O)c4ccc(NCCSc5ccccc5)c([N+](=O)[O-])c4)cc3)cc12. The van der Waals surface area contributed by atoms with Crippen LogP contribution in [0.5, 0.6) is 0 Å². The Kier molecular flexibility index (Phi) is 8.39. The molecular formula is C30H25N3O5S3. The Hall–Kier alpha value is -4.19. The van der Waals surface area contributed by atoms with E-state index < -0.39 is 26.5 Å². The summed E-state index contributed by atoms with van der Waals surface area (Å²) in [6.07, 6.45) is 0. The number of carbonyl (C=O) groups is 1. The molecule has 0 aliphatic rings. The highest BCUT2D eigenvalue weighted by Gasteiger charge is 2.24. The molecule has 0 fully saturated rings. The quantitative estimate of drug-likeness (QED) is 0.0756. The van der Waals surface area contributed by atoms with Crippen molar-refractivity contribution in [3.05, 3.63) is 118 Å². The van der Waals surface area contributed by atoms with Crippen molar-refractivity contribution >= 4 is 60.5 Å². The van der Waals surface area contributed by atoms with Crippen molar-refractivity contribution < 1.29 is 18.1 Å². The number of carbonyl (C=O) groups excluding carboxylic acids is 1. The minimum Gasteiger partial charge on any atom is -0.379 e. The van der Waals surface area contributed by atoms with Crippen molar-refractivity contribution in [1.82, 2.24) is 4.72 Å². The Bertz CT molecular complexity index is 1840. The average Bonchev–Trinajstić information content (AvgIpc) is 3.35. The fourth-order valence-corrected chi connectivity index (χ4v) is 6.95. The summed E-state index contributed by atoms with van der Waals surface area (Å²) in [6, 6.07) is 26.0. The van der Waals surface area contributed by atoms with Crippen LogP contribution in [-0.4, -0.2) is 31.5 Å². The Balaban J connectivity index is 1.26. The number of amides is 1. The molecule has 5 aromatic rings. The highest BCUT2D eigenvalue weighted by atomic mass is 32.2. The Labute approximate surface area is 245 Å². The van der Waals surface area contributed by atoms with Crippen LogP contribution in [-0.2, 0) is 10.0 Å². The van der Waals surface area contributed by atoms with Gasteiger partial charge in [0.1, 0.15) is 5.69 Å². The maximum absolute atomic E-state index is 13.0. The Morgan fingerprint density at radius 1 is 0.951 bits per heavy atom. The van der Waals surface area contributed by atoms with Crippen molar-refractivity contribution in [2.75, 3.05) is 17.6 Å². The molecule has 0 saturated carbocycles. The van der Waals surface area contributed by atoms with Gasteiger partial charge in [-0.25, -0.2) is 13.1 Å². The molecule has 1 heterocycles. The number of aryl methyl sites for hydroxylation is 1. The van der Waals surface area contributed by atoms with E-state index in [-0.39, 0.29) is 16.1 Å². The molecule has 0 radical (unpaired) electrons. The molecule has 4 aromatic carbocycles. The van der Waals surface area contributed by atoms with E-state index in [1.54, 1.807) is 47.4 Å². The van der Waals surface area contributed by atoms with E-state index in [1.807, 2.05) is 41.1 Å². The number of anilines is 1. The third kappa shape index (κ3) is 6.59. The monoisotopic (exact) mass is 603 g/mol. The number of nitro benzene ring substituents is 1. The molecule has 208 valence electrons. The smallest absolute Gasteiger partial charge is 0.293 e. The van der Waals surface area contributed by atoms with Crippen molar-refractivity contribution in [2.45, 2.75) is 16.7 Å². The normalized spacial score (nSPS) is 11.3. The molecule has 8 nitrogen and oxygen atoms in total. The second-order valence-electron chi connectivity index (χ2n) is 9.17. The predicted octanol–water partition coefficient (Wildman–Crippen LogP) is 7.11. The van der Waals surface area contributed by atoms with Crippen LogP contribution in [0.4, 0.5) is 11.4 Å². The lowest BCUT2D eigenvalue weighted by Gasteiger charge is -2.11. The predicted molar refractivity (Wildman–Crippen MR) is 165 cm³/mol. The summed E-state index contributed by atoms with van der Waals surface area (Å²) in [7, 11) is -4.36. The zero-order valence-corrected chi connectivity index (χ0v) is 24.3. The lowest BCUT2D eigenvalue weighted by atomic mass is 10.0. The van der Waals surface area contributed by atoms with Gasteiger partial charge in [0.2, 0.25) is 0 Å². The fourth-order valence-electron chi connectivity index (χ4n) is 4.24. The number of nitrogens with one attached hydrogen (secondary N) is 2. The number of thiophene rings is 1. The Morgan fingerprint density at radius 2 is 1.68 bits per heavy atom. The van der Waals surface area contributed by atoms with Crippen LogP contribution in [0.3, 0.4) is 0 Å². The first-order valence-corrected chi connectivity index (χ1v) is 15.9. The van der Waals surface area contributed by atoms with Crippen LogP contribution < -0.4 is 10.0 Å². The van der Waals surface area contributed by atoms with Gasteiger partial charge in [0, 0.05) is 33.5 Å². The fraction of sp³-hybridized carbons (Fsp3) is 0.100. The van der Waals surface area contributed by atoms with Crippen LogP contribution in [0, 0.1) is 17.0 Å². The van der Waals surface area contributed by atoms with Crippen molar-refractivity contribution in [2.24, 2.45) is 0 Å². The molecule has 0 bridgehead atoms. The van der Waals surface area contributed by atoms with E-state index in [0.717, 1.165) is 22.1 Å². The third-order valence-electron chi connectivity index (χ3n) is 6.38. The van der Waals surface area contributed by atoms with Crippen molar-refractivity contribution in [1.29, 1.82) is 0 Å². The summed E-state index contributed by atoms with van der Waals surface area (Å²) in [4.78, 5) is 24.6. The van der Waals surface area contributed by atoms with Crippen molar-refractivity contribution in [3.8, 4) is 11.1 Å². The molecule has 0 unspecified atom stereocenters. The molecule has 0 atom stereocenters. The van der Waals surface area contributed by atoms with E-state index in [9.17, 15) is 23.3 Å². The Morgan fingerprint density at radius 3 is 2.41 bits per heavy atom. The van der Waals surface area contributed by atoms with Gasteiger partial charge in [-0.05, 0) is 82.9 Å². The summed E-state index contributed by atoms with van der Waals surface area (Å²) >= 11 is 3.27. The number of rotatable bonds is 10. The topological polar surface area (TPSA) is 118 Å². The molecular weight excluding hydrogens is 579 g/mol. The molecule has 41 heavy (non-hydrogen) atoms. The van der Waals surface area contributed by atoms with Gasteiger partial charge in [-0.15, -0.1) is 23.1 Å². The van der Waals surface area contributed by atoms with Gasteiger partial charge in [-0.2, -0.15) is 0 Å². The van der Waals surface area contributed by atoms with Crippen LogP contribution in [0.15, 0.2) is 106 Å². The highest BCUT2D eigenvalue weighted by Crippen LogP contribution is 2.31. The number of nitrogens with zero attached hydrogens (tertiary/aromatic N) is 1. The number of sulfonamides is 1. The standard InChI is InChI=1S/C30H25N3O5S3/c1-20-19-40-29-14-11-23(17-26(20)29)21-7-9-22(10-8-21)30(34)32-41(37,38)25-12-13-27(28(18-25)33(35)36)31-15-16-39-24-5-3-2-4-6-24/h2-14,17-19,31H,15-16H2,1H3,(H,32,34). The summed E-state index contributed by atoms with van der Waals surface area (Å²) in [5.41, 5.74) is 3.01. The number of thioether (sulfide) groups is 1. The van der Waals surface area contributed by atoms with Gasteiger partial charge in [0.15, 0.2) is 0 Å². The summed E-state index contributed by atoms with van der Waals surface area (Å²) in [5.74, 6) is -0.179. The third-order valence-corrected chi connectivity index (χ3v) is 9.80. The first-order chi connectivity index (χ1) is 19.7. The van der Waals surface area contributed by atoms with Crippen LogP contribution in [0.1, 0.15) is 15.9 Å². The van der Waals surface area contributed by atoms with E-state index in [0.29, 0.717) is 12.3 Å². The number of benzene rings is 4. The zero-order valence-electron chi connectivity index (χ0n) is 21.9. The summed E-state index contributed by atoms with van der Waals surface area (Å²) in [6.45, 7) is 2.49. The van der Waals surface area contributed by atoms with Gasteiger partial charge >= 0.3 is 0 Å². The number of hydrogen-bond acceptors (Lipinski definition) is 8. The molecule has 5 rings (SSSR count). The van der Waals surface area contributed by atoms with Gasteiger partial charge in [0.25, 0.3) is 21.6 Å². The first kappa shape index (κ1) is 28.3. The molecule has 11 heteroatoms. The molecule has 2 N–H and O–H groups in total. The van der Waals surface area contributed by atoms with Crippen LogP contribution >= 0.6 is 23.1 Å². The highest BCUT2D eigenvalue weighted by molar-refractivity contribution is 7.99. The largest absolute Gasteiger partial charge is 0.379 e. The van der Waals surface area contributed by atoms with Gasteiger partial charge in [-0.1, -0.05) is 36.4 Å². The summed E-state index contributed by atoms with van der Waals surface area (Å²) < 4.78 is 29.1. The lowest BCUT2D eigenvalue weighted by molar-refractivity contribution is -0.384. The van der Waals surface area contributed by atoms with Gasteiger partial charge < -0.3 is 5.32 Å². The molecule has 1 aromatic heterocycles. The van der Waals surface area contributed by atoms with Crippen LogP contribution in [0.25, 0.3) is 21.2 Å². The van der Waals surface area contributed by atoms with E-state index in [2.05, 4.69) is 29.8 Å². The van der Waals surface area contributed by atoms with Crippen LogP contribution in [0.2, 0.25) is 0 Å². The number of nitro groups is 1. The molecule has 0 aliphatic heterocycles. The molecule has 0 aliphatic carbocycles. The molecule has 0 spiro atoms. The van der Waals surface area contributed by atoms with E-state index >= 15 is 0 Å². The number of hydrogen-bond donors (Lipinski definition) is 2. The second kappa shape index (κ2) is 12.1. The molecule has 0 saturated heterocycles. The van der Waals surface area contributed by atoms with Gasteiger partial charge in [0.05, 0.1) is 9.82 Å². The van der Waals surface area contributed by atoms with E-state index in [4.69, 9.17) is 0 Å². The first-order valence-electron chi connectivity index (χ1n) is 12.6. The minimum absolute atomic E-state index is 0.147. The molecule has 1 amide bonds. The summed E-state index contributed by atoms with van der Waals surface area (Å²) in [5, 5.41) is 18.0. The zero-order chi connectivity index (χ0) is 29.0. The maximum atomic E-state index is 13.0. The minimum atomic E-state index is -4.36. The average molecular weight is 604 g/mol. The number of fused-ring (bicyclic) bond motifs is 1. The van der Waals surface area contributed by atoms with E-state index in [1.165, 1.54) is 27.8 Å². The maximum Gasteiger partial charge on any atom is 0.293 e. The van der Waals surface area contributed by atoms with Gasteiger partial charge in [-0.3, -0.25) is 14.9 Å². The second-order valence-corrected chi connectivity index (χ2v) is 12.9. The van der Waals surface area contributed by atoms with Crippen molar-refractivity contribution in [3.63, 3.8) is 0 Å².